The Labute approximate surface area is 110 Å². The van der Waals surface area contributed by atoms with E-state index in [1.165, 1.54) is 0 Å². The molecule has 0 spiro atoms. The molecule has 0 aromatic heterocycles. The monoisotopic (exact) mass is 267 g/mol. The molecule has 18 heavy (non-hydrogen) atoms. The van der Waals surface area contributed by atoms with Crippen molar-refractivity contribution in [2.24, 2.45) is 0 Å². The fourth-order valence-electron chi connectivity index (χ4n) is 2.86. The molecule has 0 fully saturated rings. The Hall–Kier alpha value is -0.870. The molecule has 0 radical (unpaired) electrons. The smallest absolute Gasteiger partial charge is 0.178 e. The number of sulfone groups is 1. The van der Waals surface area contributed by atoms with E-state index < -0.39 is 9.84 Å². The average molecular weight is 267 g/mol. The summed E-state index contributed by atoms with van der Waals surface area (Å²) in [5.41, 5.74) is 2.98. The second-order valence-electron chi connectivity index (χ2n) is 5.07. The first-order valence-corrected chi connectivity index (χ1v) is 8.18. The molecule has 1 aromatic rings. The van der Waals surface area contributed by atoms with Crippen molar-refractivity contribution in [3.05, 3.63) is 28.8 Å². The minimum Gasteiger partial charge on any atom is -0.310 e. The van der Waals surface area contributed by atoms with Gasteiger partial charge in [-0.2, -0.15) is 0 Å². The highest BCUT2D eigenvalue weighted by Gasteiger charge is 2.28. The van der Waals surface area contributed by atoms with E-state index >= 15 is 0 Å². The number of nitrogens with one attached hydrogen (secondary N) is 1. The lowest BCUT2D eigenvalue weighted by atomic mass is 9.98. The molecule has 0 bridgehead atoms. The van der Waals surface area contributed by atoms with Gasteiger partial charge in [-0.15, -0.1) is 0 Å². The molecule has 2 rings (SSSR count). The zero-order chi connectivity index (χ0) is 13.3. The SMILES string of the molecule is CCNC1CCCS(=O)(=O)c2c(C)cc(C)cc21. The van der Waals surface area contributed by atoms with E-state index in [9.17, 15) is 8.42 Å². The van der Waals surface area contributed by atoms with Crippen LogP contribution in [0.3, 0.4) is 0 Å². The van der Waals surface area contributed by atoms with Crippen LogP contribution >= 0.6 is 0 Å². The van der Waals surface area contributed by atoms with Crippen LogP contribution in [0, 0.1) is 13.8 Å². The maximum atomic E-state index is 12.3. The van der Waals surface area contributed by atoms with E-state index in [0.29, 0.717) is 4.90 Å². The first-order chi connectivity index (χ1) is 8.45. The lowest BCUT2D eigenvalue weighted by Crippen LogP contribution is -2.21. The van der Waals surface area contributed by atoms with E-state index in [1.807, 2.05) is 26.0 Å². The fraction of sp³-hybridized carbons (Fsp3) is 0.571. The average Bonchev–Trinajstić information content (AvgIpc) is 2.36. The quantitative estimate of drug-likeness (QED) is 0.895. The minimum absolute atomic E-state index is 0.167. The van der Waals surface area contributed by atoms with Crippen LogP contribution in [0.1, 0.15) is 42.5 Å². The molecule has 0 saturated carbocycles. The highest BCUT2D eigenvalue weighted by molar-refractivity contribution is 7.91. The highest BCUT2D eigenvalue weighted by Crippen LogP contribution is 2.34. The van der Waals surface area contributed by atoms with Crippen LogP contribution < -0.4 is 5.32 Å². The van der Waals surface area contributed by atoms with Crippen LogP contribution in [0.15, 0.2) is 17.0 Å². The third kappa shape index (κ3) is 2.45. The third-order valence-electron chi connectivity index (χ3n) is 3.49. The molecule has 1 aliphatic rings. The van der Waals surface area contributed by atoms with Gasteiger partial charge < -0.3 is 5.32 Å². The van der Waals surface area contributed by atoms with Gasteiger partial charge in [-0.25, -0.2) is 8.42 Å². The molecule has 3 nitrogen and oxygen atoms in total. The standard InChI is InChI=1S/C14H21NO2S/c1-4-15-13-6-5-7-18(16,17)14-11(3)8-10(2)9-12(13)14/h8-9,13,15H,4-7H2,1-3H3. The summed E-state index contributed by atoms with van der Waals surface area (Å²) >= 11 is 0. The van der Waals surface area contributed by atoms with Gasteiger partial charge in [0.2, 0.25) is 0 Å². The molecule has 4 heteroatoms. The maximum Gasteiger partial charge on any atom is 0.178 e. The largest absolute Gasteiger partial charge is 0.310 e. The summed E-state index contributed by atoms with van der Waals surface area (Å²) in [7, 11) is -3.12. The summed E-state index contributed by atoms with van der Waals surface area (Å²) in [5, 5.41) is 3.41. The lowest BCUT2D eigenvalue weighted by Gasteiger charge is -2.19. The Morgan fingerprint density at radius 2 is 2.06 bits per heavy atom. The number of benzene rings is 1. The van der Waals surface area contributed by atoms with Crippen LogP contribution in [0.2, 0.25) is 0 Å². The molecule has 0 amide bonds. The van der Waals surface area contributed by atoms with Crippen molar-refractivity contribution >= 4 is 9.84 Å². The van der Waals surface area contributed by atoms with Gasteiger partial charge in [0.25, 0.3) is 0 Å². The van der Waals surface area contributed by atoms with Crippen molar-refractivity contribution < 1.29 is 8.42 Å². The summed E-state index contributed by atoms with van der Waals surface area (Å²) < 4.78 is 24.7. The lowest BCUT2D eigenvalue weighted by molar-refractivity contribution is 0.508. The van der Waals surface area contributed by atoms with Gasteiger partial charge in [0.1, 0.15) is 0 Å². The van der Waals surface area contributed by atoms with Gasteiger partial charge in [-0.3, -0.25) is 0 Å². The summed E-state index contributed by atoms with van der Waals surface area (Å²) in [6.07, 6.45) is 1.62. The van der Waals surface area contributed by atoms with Crippen molar-refractivity contribution in [3.8, 4) is 0 Å². The topological polar surface area (TPSA) is 46.2 Å². The zero-order valence-electron chi connectivity index (χ0n) is 11.3. The molecule has 1 N–H and O–H groups in total. The number of hydrogen-bond donors (Lipinski definition) is 1. The number of hydrogen-bond acceptors (Lipinski definition) is 3. The molecular formula is C14H21NO2S. The molecule has 1 heterocycles. The maximum absolute atomic E-state index is 12.3. The van der Waals surface area contributed by atoms with Gasteiger partial charge in [0.15, 0.2) is 9.84 Å². The Morgan fingerprint density at radius 1 is 1.33 bits per heavy atom. The van der Waals surface area contributed by atoms with E-state index in [1.54, 1.807) is 0 Å². The van der Waals surface area contributed by atoms with Gasteiger partial charge in [0.05, 0.1) is 10.6 Å². The van der Waals surface area contributed by atoms with Crippen LogP contribution in [-0.4, -0.2) is 20.7 Å². The van der Waals surface area contributed by atoms with Gasteiger partial charge in [-0.1, -0.05) is 24.6 Å². The van der Waals surface area contributed by atoms with Crippen LogP contribution in [0.4, 0.5) is 0 Å². The molecule has 0 saturated heterocycles. The van der Waals surface area contributed by atoms with Crippen LogP contribution in [-0.2, 0) is 9.84 Å². The highest BCUT2D eigenvalue weighted by atomic mass is 32.2. The summed E-state index contributed by atoms with van der Waals surface area (Å²) in [6, 6.07) is 4.16. The second-order valence-corrected chi connectivity index (χ2v) is 7.12. The summed E-state index contributed by atoms with van der Waals surface area (Å²) in [4.78, 5) is 0.566. The van der Waals surface area contributed by atoms with Crippen molar-refractivity contribution in [3.63, 3.8) is 0 Å². The molecule has 1 aliphatic heterocycles. The Kier molecular flexibility index (Phi) is 3.78. The number of fused-ring (bicyclic) bond motifs is 1. The van der Waals surface area contributed by atoms with Crippen molar-refractivity contribution in [1.29, 1.82) is 0 Å². The predicted molar refractivity (Wildman–Crippen MR) is 73.6 cm³/mol. The van der Waals surface area contributed by atoms with Crippen LogP contribution in [0.5, 0.6) is 0 Å². The molecule has 1 atom stereocenters. The number of rotatable bonds is 2. The van der Waals surface area contributed by atoms with Gasteiger partial charge >= 0.3 is 0 Å². The Morgan fingerprint density at radius 3 is 2.72 bits per heavy atom. The third-order valence-corrected chi connectivity index (χ3v) is 5.50. The Balaban J connectivity index is 2.66. The van der Waals surface area contributed by atoms with Gasteiger partial charge in [-0.05, 0) is 44.4 Å². The molecule has 1 aromatic carbocycles. The normalized spacial score (nSPS) is 22.3. The van der Waals surface area contributed by atoms with E-state index in [0.717, 1.165) is 36.1 Å². The van der Waals surface area contributed by atoms with Crippen molar-refractivity contribution in [1.82, 2.24) is 5.32 Å². The van der Waals surface area contributed by atoms with Crippen LogP contribution in [0.25, 0.3) is 0 Å². The van der Waals surface area contributed by atoms with Crippen molar-refractivity contribution in [2.75, 3.05) is 12.3 Å². The summed E-state index contributed by atoms with van der Waals surface area (Å²) in [6.45, 7) is 6.84. The predicted octanol–water partition coefficient (Wildman–Crippen LogP) is 2.52. The minimum atomic E-state index is -3.12. The molecule has 100 valence electrons. The van der Waals surface area contributed by atoms with E-state index in [4.69, 9.17) is 0 Å². The second kappa shape index (κ2) is 5.02. The first kappa shape index (κ1) is 13.6. The van der Waals surface area contributed by atoms with Gasteiger partial charge in [0, 0.05) is 6.04 Å². The Bertz CT molecular complexity index is 549. The zero-order valence-corrected chi connectivity index (χ0v) is 12.1. The van der Waals surface area contributed by atoms with E-state index in [-0.39, 0.29) is 11.8 Å². The summed E-state index contributed by atoms with van der Waals surface area (Å²) in [5.74, 6) is 0.270. The molecule has 1 unspecified atom stereocenters. The molecule has 0 aliphatic carbocycles. The van der Waals surface area contributed by atoms with E-state index in [2.05, 4.69) is 12.2 Å². The fourth-order valence-corrected chi connectivity index (χ4v) is 4.72. The van der Waals surface area contributed by atoms with Crippen molar-refractivity contribution in [2.45, 2.75) is 44.6 Å². The molecular weight excluding hydrogens is 246 g/mol. The number of aryl methyl sites for hydroxylation is 2. The first-order valence-electron chi connectivity index (χ1n) is 6.53.